The van der Waals surface area contributed by atoms with Crippen molar-refractivity contribution in [3.8, 4) is 17.0 Å². The molecule has 0 bridgehead atoms. The van der Waals surface area contributed by atoms with Crippen LogP contribution in [-0.4, -0.2) is 35.4 Å². The summed E-state index contributed by atoms with van der Waals surface area (Å²) in [4.78, 5) is 7.56. The summed E-state index contributed by atoms with van der Waals surface area (Å²) in [6, 6.07) is 11.8. The highest BCUT2D eigenvalue weighted by atomic mass is 16.5. The standard InChI is InChI=1S/C21H22N6O/c1-22-16-4-6-20(24-13-16)25-21-12-18(26-27-21)17-5-3-15(11-19(17)28-2)14-7-9-23-10-8-14/h3-6,11-14,23H,7-10H2,2H3,(H2,24,25,26,27). The van der Waals surface area contributed by atoms with E-state index in [9.17, 15) is 0 Å². The molecular formula is C21H22N6O. The van der Waals surface area contributed by atoms with E-state index in [1.807, 2.05) is 6.07 Å². The zero-order valence-electron chi connectivity index (χ0n) is 15.7. The number of ether oxygens (including phenoxy) is 1. The Kier molecular flexibility index (Phi) is 5.22. The first-order valence-corrected chi connectivity index (χ1v) is 9.32. The largest absolute Gasteiger partial charge is 0.496 e. The van der Waals surface area contributed by atoms with Gasteiger partial charge in [-0.05, 0) is 55.6 Å². The van der Waals surface area contributed by atoms with E-state index < -0.39 is 0 Å². The number of hydrogen-bond acceptors (Lipinski definition) is 5. The molecule has 3 aromatic rings. The molecule has 1 aliphatic heterocycles. The van der Waals surface area contributed by atoms with Crippen molar-refractivity contribution in [1.29, 1.82) is 0 Å². The van der Waals surface area contributed by atoms with Crippen molar-refractivity contribution in [3.05, 3.63) is 59.6 Å². The fourth-order valence-electron chi connectivity index (χ4n) is 3.52. The molecule has 1 saturated heterocycles. The van der Waals surface area contributed by atoms with Crippen LogP contribution < -0.4 is 15.4 Å². The smallest absolute Gasteiger partial charge is 0.205 e. The number of rotatable bonds is 5. The van der Waals surface area contributed by atoms with Crippen LogP contribution in [0.5, 0.6) is 5.75 Å². The number of benzene rings is 1. The number of H-pyrrole nitrogens is 1. The molecule has 1 aliphatic rings. The summed E-state index contributed by atoms with van der Waals surface area (Å²) in [5, 5.41) is 13.9. The molecule has 7 heteroatoms. The molecule has 28 heavy (non-hydrogen) atoms. The van der Waals surface area contributed by atoms with Gasteiger partial charge in [-0.3, -0.25) is 10.1 Å². The van der Waals surface area contributed by atoms with Gasteiger partial charge in [-0.25, -0.2) is 4.85 Å². The summed E-state index contributed by atoms with van der Waals surface area (Å²) in [5.74, 6) is 2.71. The van der Waals surface area contributed by atoms with Gasteiger partial charge < -0.3 is 15.4 Å². The van der Waals surface area contributed by atoms with Gasteiger partial charge in [0.25, 0.3) is 0 Å². The highest BCUT2D eigenvalue weighted by Crippen LogP contribution is 2.35. The molecule has 7 nitrogen and oxygen atoms in total. The van der Waals surface area contributed by atoms with Crippen molar-refractivity contribution in [2.75, 3.05) is 25.5 Å². The maximum Gasteiger partial charge on any atom is 0.205 e. The molecule has 1 aromatic carbocycles. The van der Waals surface area contributed by atoms with Crippen molar-refractivity contribution in [1.82, 2.24) is 20.5 Å². The van der Waals surface area contributed by atoms with Crippen LogP contribution in [0.2, 0.25) is 0 Å². The van der Waals surface area contributed by atoms with Crippen LogP contribution in [0.3, 0.4) is 0 Å². The quantitative estimate of drug-likeness (QED) is 0.582. The molecule has 3 N–H and O–H groups in total. The molecule has 4 rings (SSSR count). The Morgan fingerprint density at radius 2 is 2.00 bits per heavy atom. The lowest BCUT2D eigenvalue weighted by Crippen LogP contribution is -2.26. The first kappa shape index (κ1) is 18.0. The topological polar surface area (TPSA) is 79.2 Å². The molecule has 142 valence electrons. The fraction of sp³-hybridized carbons (Fsp3) is 0.286. The van der Waals surface area contributed by atoms with Gasteiger partial charge in [-0.2, -0.15) is 5.10 Å². The van der Waals surface area contributed by atoms with Gasteiger partial charge in [-0.15, -0.1) is 0 Å². The summed E-state index contributed by atoms with van der Waals surface area (Å²) in [6.45, 7) is 9.11. The van der Waals surface area contributed by atoms with Crippen LogP contribution in [0, 0.1) is 6.57 Å². The Labute approximate surface area is 164 Å². The van der Waals surface area contributed by atoms with E-state index in [0.29, 0.717) is 23.2 Å². The molecule has 1 fully saturated rings. The van der Waals surface area contributed by atoms with E-state index in [-0.39, 0.29) is 0 Å². The number of aromatic amines is 1. The number of nitrogens with one attached hydrogen (secondary N) is 3. The van der Waals surface area contributed by atoms with Crippen molar-refractivity contribution in [3.63, 3.8) is 0 Å². The first-order chi connectivity index (χ1) is 13.8. The van der Waals surface area contributed by atoms with E-state index in [1.54, 1.807) is 19.2 Å². The maximum atomic E-state index is 6.98. The minimum absolute atomic E-state index is 0.506. The number of methoxy groups -OCH3 is 1. The summed E-state index contributed by atoms with van der Waals surface area (Å²) in [7, 11) is 1.70. The summed E-state index contributed by atoms with van der Waals surface area (Å²) in [6.07, 6.45) is 3.84. The van der Waals surface area contributed by atoms with Crippen molar-refractivity contribution in [2.45, 2.75) is 18.8 Å². The number of nitrogens with zero attached hydrogens (tertiary/aromatic N) is 3. The van der Waals surface area contributed by atoms with Crippen LogP contribution in [0.15, 0.2) is 42.6 Å². The third-order valence-corrected chi connectivity index (χ3v) is 5.04. The van der Waals surface area contributed by atoms with Crippen LogP contribution >= 0.6 is 0 Å². The van der Waals surface area contributed by atoms with E-state index in [0.717, 1.165) is 42.9 Å². The van der Waals surface area contributed by atoms with E-state index in [1.165, 1.54) is 11.8 Å². The number of piperidine rings is 1. The highest BCUT2D eigenvalue weighted by Gasteiger charge is 2.18. The SMILES string of the molecule is [C-]#[N+]c1ccc(Nc2cc(-c3ccc(C4CCNCC4)cc3OC)[nH]n2)nc1. The lowest BCUT2D eigenvalue weighted by molar-refractivity contribution is 0.412. The number of aromatic nitrogens is 3. The van der Waals surface area contributed by atoms with Gasteiger partial charge in [0, 0.05) is 17.8 Å². The second-order valence-corrected chi connectivity index (χ2v) is 6.79. The molecule has 0 unspecified atom stereocenters. The summed E-state index contributed by atoms with van der Waals surface area (Å²) >= 11 is 0. The van der Waals surface area contributed by atoms with Gasteiger partial charge in [0.1, 0.15) is 11.6 Å². The van der Waals surface area contributed by atoms with Crippen LogP contribution in [0.25, 0.3) is 16.1 Å². The van der Waals surface area contributed by atoms with Gasteiger partial charge in [0.15, 0.2) is 5.82 Å². The van der Waals surface area contributed by atoms with Crippen LogP contribution in [0.4, 0.5) is 17.3 Å². The minimum Gasteiger partial charge on any atom is -0.496 e. The third-order valence-electron chi connectivity index (χ3n) is 5.04. The molecular weight excluding hydrogens is 352 g/mol. The molecule has 2 aromatic heterocycles. The van der Waals surface area contributed by atoms with E-state index >= 15 is 0 Å². The Morgan fingerprint density at radius 3 is 2.71 bits per heavy atom. The number of pyridine rings is 1. The number of anilines is 2. The lowest BCUT2D eigenvalue weighted by atomic mass is 9.89. The van der Waals surface area contributed by atoms with Gasteiger partial charge in [0.05, 0.1) is 19.4 Å². The maximum absolute atomic E-state index is 6.98. The highest BCUT2D eigenvalue weighted by molar-refractivity contribution is 5.71. The zero-order chi connectivity index (χ0) is 19.3. The lowest BCUT2D eigenvalue weighted by Gasteiger charge is -2.23. The Morgan fingerprint density at radius 1 is 1.14 bits per heavy atom. The molecule has 0 amide bonds. The third kappa shape index (κ3) is 3.82. The van der Waals surface area contributed by atoms with Gasteiger partial charge in [0.2, 0.25) is 5.69 Å². The molecule has 0 saturated carbocycles. The average molecular weight is 374 g/mol. The van der Waals surface area contributed by atoms with Crippen molar-refractivity contribution < 1.29 is 4.74 Å². The predicted octanol–water partition coefficient (Wildman–Crippen LogP) is 4.24. The van der Waals surface area contributed by atoms with Crippen molar-refractivity contribution in [2.24, 2.45) is 0 Å². The Balaban J connectivity index is 1.54. The van der Waals surface area contributed by atoms with Crippen LogP contribution in [0.1, 0.15) is 24.3 Å². The molecule has 0 atom stereocenters. The van der Waals surface area contributed by atoms with Gasteiger partial charge in [-0.1, -0.05) is 12.1 Å². The normalized spacial score (nSPS) is 14.4. The molecule has 0 aliphatic carbocycles. The second-order valence-electron chi connectivity index (χ2n) is 6.79. The molecule has 3 heterocycles. The van der Waals surface area contributed by atoms with Crippen LogP contribution in [-0.2, 0) is 0 Å². The summed E-state index contributed by atoms with van der Waals surface area (Å²) in [5.41, 5.74) is 3.67. The Bertz CT molecular complexity index is 983. The van der Waals surface area contributed by atoms with Gasteiger partial charge >= 0.3 is 0 Å². The monoisotopic (exact) mass is 374 g/mol. The number of hydrogen-bond donors (Lipinski definition) is 3. The van der Waals surface area contributed by atoms with E-state index in [4.69, 9.17) is 11.3 Å². The zero-order valence-corrected chi connectivity index (χ0v) is 15.7. The molecule has 0 spiro atoms. The van der Waals surface area contributed by atoms with E-state index in [2.05, 4.69) is 48.9 Å². The minimum atomic E-state index is 0.506. The Hall–Kier alpha value is -3.37. The predicted molar refractivity (Wildman–Crippen MR) is 109 cm³/mol. The molecule has 0 radical (unpaired) electrons. The fourth-order valence-corrected chi connectivity index (χ4v) is 3.52. The van der Waals surface area contributed by atoms with Crippen molar-refractivity contribution >= 4 is 17.3 Å². The first-order valence-electron chi connectivity index (χ1n) is 9.32. The average Bonchev–Trinajstić information content (AvgIpc) is 3.22. The second kappa shape index (κ2) is 8.11. The summed E-state index contributed by atoms with van der Waals surface area (Å²) < 4.78 is 5.66.